The van der Waals surface area contributed by atoms with Crippen LogP contribution in [0.2, 0.25) is 0 Å². The van der Waals surface area contributed by atoms with Crippen molar-refractivity contribution in [3.05, 3.63) is 11.6 Å². The van der Waals surface area contributed by atoms with E-state index in [9.17, 15) is 9.59 Å². The molecule has 0 heterocycles. The van der Waals surface area contributed by atoms with E-state index in [0.717, 1.165) is 54.8 Å². The van der Waals surface area contributed by atoms with Crippen LogP contribution in [-0.2, 0) is 28.5 Å². The highest BCUT2D eigenvalue weighted by molar-refractivity contribution is 5.82. The molecule has 49 heavy (non-hydrogen) atoms. The molecule has 1 unspecified atom stereocenters. The smallest absolute Gasteiger partial charge is 0.407 e. The molecule has 0 radical (unpaired) electrons. The summed E-state index contributed by atoms with van der Waals surface area (Å²) in [5, 5.41) is 5.41. The number of hydrogen-bond donors (Lipinski definition) is 2. The van der Waals surface area contributed by atoms with Crippen molar-refractivity contribution < 1.29 is 33.3 Å². The van der Waals surface area contributed by atoms with Gasteiger partial charge >= 0.3 is 6.09 Å². The Morgan fingerprint density at radius 3 is 2.22 bits per heavy atom. The Morgan fingerprint density at radius 2 is 1.53 bits per heavy atom. The van der Waals surface area contributed by atoms with Crippen molar-refractivity contribution in [2.24, 2.45) is 46.3 Å². The largest absolute Gasteiger partial charge is 0.446 e. The van der Waals surface area contributed by atoms with Gasteiger partial charge in [-0.1, -0.05) is 65.5 Å². The first-order valence-electron chi connectivity index (χ1n) is 19.8. The standard InChI is InChI=1S/C40H70N2O7/c1-7-45-21-22-47-25-26-48-24-23-46-20-19-41-37(43)28-42-38(44)49-32-15-17-39(5)31(27-32)11-12-33-35-14-13-34(30(4)10-8-9-29(2)3)40(35,6)18-16-36(33)39/h11,29-30,32-36H,7-10,12-28H2,1-6H3,(H,41,43)(H,42,44)/t30-,32?,33+,34-,35+,36+,39+,40-/m1/s1. The van der Waals surface area contributed by atoms with E-state index in [4.69, 9.17) is 23.7 Å². The number of rotatable bonds is 21. The molecule has 2 N–H and O–H groups in total. The van der Waals surface area contributed by atoms with Crippen molar-refractivity contribution in [1.82, 2.24) is 10.6 Å². The second-order valence-electron chi connectivity index (χ2n) is 16.3. The van der Waals surface area contributed by atoms with E-state index in [-0.39, 0.29) is 24.0 Å². The van der Waals surface area contributed by atoms with Crippen LogP contribution in [0.25, 0.3) is 0 Å². The topological polar surface area (TPSA) is 104 Å². The number of amides is 2. The number of ether oxygens (including phenoxy) is 5. The van der Waals surface area contributed by atoms with Crippen LogP contribution in [0.3, 0.4) is 0 Å². The van der Waals surface area contributed by atoms with Crippen LogP contribution < -0.4 is 10.6 Å². The first-order chi connectivity index (χ1) is 23.6. The molecule has 282 valence electrons. The third kappa shape index (κ3) is 11.2. The van der Waals surface area contributed by atoms with Crippen molar-refractivity contribution in [2.45, 2.75) is 118 Å². The molecule has 0 saturated heterocycles. The summed E-state index contributed by atoms with van der Waals surface area (Å²) in [5.41, 5.74) is 2.22. The SMILES string of the molecule is CCOCCOCCOCCOCCNC(=O)CNC(=O)OC1CC[C@@]2(C)C(=CC[C@H]3[C@@H]4CC[C@H]([C@H](C)CCCC(C)C)[C@@]4(C)CC[C@@H]32)C1. The molecule has 0 aliphatic heterocycles. The molecule has 3 saturated carbocycles. The number of allylic oxidation sites excluding steroid dienone is 1. The number of carbonyl (C=O) groups excluding carboxylic acids is 2. The molecule has 9 heteroatoms. The highest BCUT2D eigenvalue weighted by Crippen LogP contribution is 2.67. The normalized spacial score (nSPS) is 31.3. The van der Waals surface area contributed by atoms with Crippen LogP contribution in [0.1, 0.15) is 112 Å². The van der Waals surface area contributed by atoms with Gasteiger partial charge in [0.25, 0.3) is 0 Å². The van der Waals surface area contributed by atoms with Crippen LogP contribution in [0.4, 0.5) is 4.79 Å². The average Bonchev–Trinajstić information content (AvgIpc) is 3.43. The molecule has 4 rings (SSSR count). The lowest BCUT2D eigenvalue weighted by Gasteiger charge is -2.58. The fourth-order valence-corrected chi connectivity index (χ4v) is 10.2. The van der Waals surface area contributed by atoms with E-state index < -0.39 is 6.09 Å². The molecule has 0 bridgehead atoms. The molecular formula is C40H70N2O7. The summed E-state index contributed by atoms with van der Waals surface area (Å²) in [4.78, 5) is 24.9. The Bertz CT molecular complexity index is 1050. The molecule has 0 aromatic rings. The number of carbonyl (C=O) groups is 2. The average molecular weight is 691 g/mol. The Hall–Kier alpha value is -1.68. The number of alkyl carbamates (subject to hydrolysis) is 1. The molecule has 2 amide bonds. The van der Waals surface area contributed by atoms with E-state index in [2.05, 4.69) is 51.3 Å². The van der Waals surface area contributed by atoms with Gasteiger partial charge in [0.2, 0.25) is 5.91 Å². The maximum absolute atomic E-state index is 12.6. The first-order valence-corrected chi connectivity index (χ1v) is 19.8. The maximum Gasteiger partial charge on any atom is 0.407 e. The molecule has 3 fully saturated rings. The molecular weight excluding hydrogens is 620 g/mol. The number of fused-ring (bicyclic) bond motifs is 5. The minimum absolute atomic E-state index is 0.111. The molecule has 8 atom stereocenters. The zero-order chi connectivity index (χ0) is 35.3. The lowest BCUT2D eigenvalue weighted by Crippen LogP contribution is -2.51. The Kier molecular flexibility index (Phi) is 16.2. The highest BCUT2D eigenvalue weighted by Gasteiger charge is 2.59. The summed E-state index contributed by atoms with van der Waals surface area (Å²) in [6.45, 7) is 18.8. The van der Waals surface area contributed by atoms with Gasteiger partial charge in [0.1, 0.15) is 6.10 Å². The van der Waals surface area contributed by atoms with Gasteiger partial charge in [-0.25, -0.2) is 4.79 Å². The summed E-state index contributed by atoms with van der Waals surface area (Å²) in [6, 6.07) is 0. The van der Waals surface area contributed by atoms with Crippen LogP contribution in [0, 0.1) is 46.3 Å². The third-order valence-electron chi connectivity index (χ3n) is 12.8. The quantitative estimate of drug-likeness (QED) is 0.0961. The van der Waals surface area contributed by atoms with Crippen molar-refractivity contribution in [2.75, 3.05) is 65.9 Å². The Labute approximate surface area is 297 Å². The fourth-order valence-electron chi connectivity index (χ4n) is 10.2. The van der Waals surface area contributed by atoms with Crippen molar-refractivity contribution >= 4 is 12.0 Å². The summed E-state index contributed by atoms with van der Waals surface area (Å²) < 4.78 is 27.4. The van der Waals surface area contributed by atoms with Crippen molar-refractivity contribution in [1.29, 1.82) is 0 Å². The lowest BCUT2D eigenvalue weighted by atomic mass is 9.47. The molecule has 4 aliphatic carbocycles. The predicted octanol–water partition coefficient (Wildman–Crippen LogP) is 7.33. The lowest BCUT2D eigenvalue weighted by molar-refractivity contribution is -0.120. The van der Waals surface area contributed by atoms with E-state index in [0.29, 0.717) is 64.8 Å². The summed E-state index contributed by atoms with van der Waals surface area (Å²) in [7, 11) is 0. The summed E-state index contributed by atoms with van der Waals surface area (Å²) >= 11 is 0. The molecule has 4 aliphatic rings. The first kappa shape index (κ1) is 40.1. The summed E-state index contributed by atoms with van der Waals surface area (Å²) in [6.07, 6.45) is 15.5. The van der Waals surface area contributed by atoms with E-state index in [1.807, 2.05) is 6.92 Å². The van der Waals surface area contributed by atoms with Crippen molar-refractivity contribution in [3.8, 4) is 0 Å². The Morgan fingerprint density at radius 1 is 0.837 bits per heavy atom. The van der Waals surface area contributed by atoms with Crippen LogP contribution in [0.15, 0.2) is 11.6 Å². The minimum Gasteiger partial charge on any atom is -0.446 e. The third-order valence-corrected chi connectivity index (χ3v) is 12.8. The van der Waals surface area contributed by atoms with Gasteiger partial charge in [0, 0.05) is 19.6 Å². The Balaban J connectivity index is 1.11. The van der Waals surface area contributed by atoms with Gasteiger partial charge in [0.15, 0.2) is 0 Å². The van der Waals surface area contributed by atoms with Gasteiger partial charge in [-0.2, -0.15) is 0 Å². The van der Waals surface area contributed by atoms with E-state index in [1.54, 1.807) is 0 Å². The van der Waals surface area contributed by atoms with Crippen LogP contribution >= 0.6 is 0 Å². The van der Waals surface area contributed by atoms with Crippen LogP contribution in [-0.4, -0.2) is 84.0 Å². The predicted molar refractivity (Wildman–Crippen MR) is 193 cm³/mol. The van der Waals surface area contributed by atoms with Gasteiger partial charge in [-0.05, 0) is 98.2 Å². The van der Waals surface area contributed by atoms with Gasteiger partial charge in [0.05, 0.1) is 52.8 Å². The zero-order valence-corrected chi connectivity index (χ0v) is 31.8. The second-order valence-corrected chi connectivity index (χ2v) is 16.3. The zero-order valence-electron chi connectivity index (χ0n) is 31.8. The van der Waals surface area contributed by atoms with E-state index in [1.165, 1.54) is 56.9 Å². The minimum atomic E-state index is -0.513. The molecule has 9 nitrogen and oxygen atoms in total. The number of nitrogens with one attached hydrogen (secondary N) is 2. The van der Waals surface area contributed by atoms with Gasteiger partial charge in [-0.3, -0.25) is 4.79 Å². The number of hydrogen-bond acceptors (Lipinski definition) is 7. The van der Waals surface area contributed by atoms with Gasteiger partial charge in [-0.15, -0.1) is 0 Å². The monoisotopic (exact) mass is 691 g/mol. The van der Waals surface area contributed by atoms with Gasteiger partial charge < -0.3 is 34.3 Å². The fraction of sp³-hybridized carbons (Fsp3) is 0.900. The van der Waals surface area contributed by atoms with Crippen molar-refractivity contribution in [3.63, 3.8) is 0 Å². The molecule has 0 aromatic heterocycles. The second kappa shape index (κ2) is 19.8. The maximum atomic E-state index is 12.6. The summed E-state index contributed by atoms with van der Waals surface area (Å²) in [5.74, 6) is 4.63. The molecule has 0 spiro atoms. The van der Waals surface area contributed by atoms with E-state index >= 15 is 0 Å². The van der Waals surface area contributed by atoms with Crippen LogP contribution in [0.5, 0.6) is 0 Å². The highest BCUT2D eigenvalue weighted by atomic mass is 16.6. The molecule has 0 aromatic carbocycles.